The van der Waals surface area contributed by atoms with Crippen molar-refractivity contribution >= 4 is 76.1 Å². The topological polar surface area (TPSA) is 429 Å². The zero-order chi connectivity index (χ0) is 53.5. The monoisotopic (exact) mass is 1020 g/mol. The molecule has 3 aromatic rings. The average molecular weight is 1020 g/mol. The number of guanidine groups is 1. The summed E-state index contributed by atoms with van der Waals surface area (Å²) in [5.74, 6) is -8.21. The number of aromatic nitrogens is 1. The van der Waals surface area contributed by atoms with Crippen LogP contribution in [0.5, 0.6) is 0 Å². The van der Waals surface area contributed by atoms with E-state index >= 15 is 0 Å². The number of aliphatic hydroxyl groups is 1. The van der Waals surface area contributed by atoms with Gasteiger partial charge in [0.2, 0.25) is 53.2 Å². The third-order valence-electron chi connectivity index (χ3n) is 11.7. The number of para-hydroxylation sites is 1. The van der Waals surface area contributed by atoms with Crippen LogP contribution in [0.4, 0.5) is 4.79 Å². The number of primary amides is 2. The third kappa shape index (κ3) is 19.4. The summed E-state index contributed by atoms with van der Waals surface area (Å²) in [5, 5.41) is 44.0. The smallest absolute Gasteiger partial charge is 0.312 e. The summed E-state index contributed by atoms with van der Waals surface area (Å²) in [4.78, 5) is 138. The van der Waals surface area contributed by atoms with Gasteiger partial charge in [0.1, 0.15) is 42.3 Å². The Morgan fingerprint density at radius 2 is 1.36 bits per heavy atom. The van der Waals surface area contributed by atoms with Gasteiger partial charge in [0.05, 0.1) is 13.0 Å². The molecule has 73 heavy (non-hydrogen) atoms. The third-order valence-corrected chi connectivity index (χ3v) is 11.7. The van der Waals surface area contributed by atoms with Gasteiger partial charge in [0.25, 0.3) is 0 Å². The van der Waals surface area contributed by atoms with Crippen molar-refractivity contribution in [1.82, 2.24) is 58.2 Å². The number of aliphatic hydroxyl groups excluding tert-OH is 1. The number of benzene rings is 2. The van der Waals surface area contributed by atoms with Gasteiger partial charge >= 0.3 is 6.03 Å². The van der Waals surface area contributed by atoms with Crippen molar-refractivity contribution in [1.29, 1.82) is 5.41 Å². The highest BCUT2D eigenvalue weighted by Crippen LogP contribution is 2.20. The number of rotatable bonds is 17. The molecule has 26 nitrogen and oxygen atoms in total. The maximum atomic E-state index is 14.4. The average Bonchev–Trinajstić information content (AvgIpc) is 3.75. The van der Waals surface area contributed by atoms with Gasteiger partial charge in [-0.2, -0.15) is 0 Å². The van der Waals surface area contributed by atoms with Crippen LogP contribution in [0.2, 0.25) is 0 Å². The van der Waals surface area contributed by atoms with Gasteiger partial charge in [0, 0.05) is 56.5 Å². The zero-order valence-electron chi connectivity index (χ0n) is 40.5. The minimum atomic E-state index is -1.78. The summed E-state index contributed by atoms with van der Waals surface area (Å²) in [6, 6.07) is 4.51. The number of amides is 11. The van der Waals surface area contributed by atoms with E-state index in [0.29, 0.717) is 11.1 Å². The van der Waals surface area contributed by atoms with Gasteiger partial charge in [0.15, 0.2) is 5.96 Å². The molecule has 4 rings (SSSR count). The zero-order valence-corrected chi connectivity index (χ0v) is 40.5. The first kappa shape index (κ1) is 57.3. The predicted molar refractivity (Wildman–Crippen MR) is 265 cm³/mol. The Balaban J connectivity index is 1.73. The maximum absolute atomic E-state index is 14.4. The summed E-state index contributed by atoms with van der Waals surface area (Å²) < 4.78 is 0. The van der Waals surface area contributed by atoms with E-state index in [1.165, 1.54) is 0 Å². The van der Waals surface area contributed by atoms with Gasteiger partial charge in [-0.3, -0.25) is 48.6 Å². The van der Waals surface area contributed by atoms with Gasteiger partial charge in [-0.05, 0) is 62.1 Å². The molecule has 2 aromatic carbocycles. The fraction of sp³-hybridized carbons (Fsp3) is 0.468. The molecule has 0 spiro atoms. The van der Waals surface area contributed by atoms with Crippen LogP contribution in [-0.4, -0.2) is 144 Å². The first-order valence-corrected chi connectivity index (χ1v) is 23.8. The highest BCUT2D eigenvalue weighted by atomic mass is 16.3. The van der Waals surface area contributed by atoms with Crippen LogP contribution in [0.15, 0.2) is 60.8 Å². The Bertz CT molecular complexity index is 2430. The molecule has 19 N–H and O–H groups in total. The number of aromatic amines is 1. The Morgan fingerprint density at radius 1 is 0.740 bits per heavy atom. The molecule has 0 saturated carbocycles. The van der Waals surface area contributed by atoms with E-state index in [0.717, 1.165) is 17.8 Å². The molecule has 2 heterocycles. The van der Waals surface area contributed by atoms with E-state index in [4.69, 9.17) is 22.6 Å². The highest BCUT2D eigenvalue weighted by molar-refractivity contribution is 5.99. The van der Waals surface area contributed by atoms with Gasteiger partial charge in [-0.25, -0.2) is 4.79 Å². The molecule has 0 aliphatic carbocycles. The van der Waals surface area contributed by atoms with Crippen molar-refractivity contribution in [3.8, 4) is 0 Å². The molecule has 7 atom stereocenters. The van der Waals surface area contributed by atoms with Crippen LogP contribution in [-0.2, 0) is 56.0 Å². The largest absolute Gasteiger partial charge is 0.394 e. The minimum absolute atomic E-state index is 0.00302. The maximum Gasteiger partial charge on any atom is 0.312 e. The number of nitrogens with two attached hydrogens (primary N) is 3. The predicted octanol–water partition coefficient (Wildman–Crippen LogP) is -3.75. The van der Waals surface area contributed by atoms with Crippen molar-refractivity contribution < 1.29 is 53.1 Å². The molecule has 396 valence electrons. The number of nitrogens with one attached hydrogen (secondary N) is 12. The normalized spacial score (nSPS) is 21.3. The number of carbonyl (C=O) groups is 10. The van der Waals surface area contributed by atoms with Crippen LogP contribution in [0, 0.1) is 5.41 Å². The Kier molecular flexibility index (Phi) is 22.9. The molecular weight excluding hydrogens is 951 g/mol. The van der Waals surface area contributed by atoms with Crippen molar-refractivity contribution in [2.75, 3.05) is 26.2 Å². The Hall–Kier alpha value is -8.29. The molecule has 1 aliphatic rings. The fourth-order valence-corrected chi connectivity index (χ4v) is 7.90. The molecule has 0 radical (unpaired) electrons. The Labute approximate surface area is 420 Å². The Morgan fingerprint density at radius 3 is 2.03 bits per heavy atom. The fourth-order valence-electron chi connectivity index (χ4n) is 7.90. The molecule has 26 heteroatoms. The van der Waals surface area contributed by atoms with Crippen LogP contribution in [0.3, 0.4) is 0 Å². The number of H-pyrrole nitrogens is 1. The lowest BCUT2D eigenvalue weighted by atomic mass is 10.0. The second kappa shape index (κ2) is 29.1. The molecule has 1 aromatic heterocycles. The highest BCUT2D eigenvalue weighted by Gasteiger charge is 2.35. The molecule has 0 bridgehead atoms. The molecule has 1 aliphatic heterocycles. The number of urea groups is 1. The lowest BCUT2D eigenvalue weighted by molar-refractivity contribution is -0.136. The van der Waals surface area contributed by atoms with Crippen molar-refractivity contribution in [2.45, 2.75) is 113 Å². The van der Waals surface area contributed by atoms with Gasteiger partial charge < -0.3 is 80.5 Å². The lowest BCUT2D eigenvalue weighted by Crippen LogP contribution is -2.61. The summed E-state index contributed by atoms with van der Waals surface area (Å²) in [5.41, 5.74) is 18.3. The quantitative estimate of drug-likeness (QED) is 0.0352. The van der Waals surface area contributed by atoms with Crippen LogP contribution >= 0.6 is 0 Å². The lowest BCUT2D eigenvalue weighted by Gasteiger charge is -2.27. The first-order valence-electron chi connectivity index (χ1n) is 23.8. The van der Waals surface area contributed by atoms with E-state index in [9.17, 15) is 53.1 Å². The van der Waals surface area contributed by atoms with Crippen LogP contribution < -0.4 is 70.4 Å². The summed E-state index contributed by atoms with van der Waals surface area (Å²) in [7, 11) is 0. The summed E-state index contributed by atoms with van der Waals surface area (Å²) >= 11 is 0. The number of hydrogen-bond donors (Lipinski definition) is 16. The van der Waals surface area contributed by atoms with E-state index in [1.54, 1.807) is 42.6 Å². The van der Waals surface area contributed by atoms with E-state index in [2.05, 4.69) is 58.2 Å². The van der Waals surface area contributed by atoms with Gasteiger partial charge in [-0.1, -0.05) is 48.5 Å². The summed E-state index contributed by atoms with van der Waals surface area (Å²) in [6.07, 6.45) is 1.29. The van der Waals surface area contributed by atoms with Crippen molar-refractivity contribution in [3.05, 3.63) is 71.9 Å². The first-order chi connectivity index (χ1) is 34.8. The second-order valence-electron chi connectivity index (χ2n) is 17.4. The molecule has 11 amide bonds. The van der Waals surface area contributed by atoms with Gasteiger partial charge in [-0.15, -0.1) is 0 Å². The standard InChI is InChI=1S/C47H67N15O11/c1-26(64)56-32(16-9-19-53-46(49)50)40(67)61-36-23-38(65)52-18-8-7-15-31(39(48)66)57-43(70)35(22-28-24-55-30-14-6-5-13-29(28)30)60-41(68)33(17-10-20-54-47(51)73)58-42(69)34(21-27-11-3-2-4-12-27)59-45(72)37(25-63)62-44(36)71/h2-6,11-14,24,31-37,55,63H,7-10,15-23,25H2,1H3,(H2,48,66)(H,52,65)(H,56,64)(H,57,70)(H,58,69)(H,59,72)(H,60,68)(H,61,67)(H,62,71)(H4,49,50,53)(H3,51,54,73)/t31-,32-,33-,34+,35-,36-,37-/m0/s1. The van der Waals surface area contributed by atoms with E-state index in [1.807, 2.05) is 18.2 Å². The number of hydrogen-bond acceptors (Lipinski definition) is 12. The van der Waals surface area contributed by atoms with Crippen LogP contribution in [0.1, 0.15) is 69.4 Å². The second-order valence-corrected chi connectivity index (χ2v) is 17.4. The number of carbonyl (C=O) groups excluding carboxylic acids is 10. The SMILES string of the molecule is CC(=O)N[C@@H](CCCNC(=N)N)C(=O)N[C@H]1CC(=O)NCCCC[C@@H](C(N)=O)NC(=O)[C@H](Cc2c[nH]c3ccccc23)NC(=O)[C@H](CCCNC(N)=O)NC(=O)[C@@H](Cc2ccccc2)NC(=O)[C@H](CO)NC1=O. The van der Waals surface area contributed by atoms with Crippen LogP contribution in [0.25, 0.3) is 10.9 Å². The minimum Gasteiger partial charge on any atom is -0.394 e. The molecule has 0 unspecified atom stereocenters. The molecule has 1 fully saturated rings. The van der Waals surface area contributed by atoms with E-state index in [-0.39, 0.29) is 83.4 Å². The van der Waals surface area contributed by atoms with Crippen molar-refractivity contribution in [2.24, 2.45) is 17.2 Å². The van der Waals surface area contributed by atoms with E-state index < -0.39 is 115 Å². The summed E-state index contributed by atoms with van der Waals surface area (Å²) in [6.45, 7) is 0.247. The molecular formula is C47H67N15O11. The van der Waals surface area contributed by atoms with Crippen molar-refractivity contribution in [3.63, 3.8) is 0 Å². The number of fused-ring (bicyclic) bond motifs is 1. The molecule has 1 saturated heterocycles.